The Morgan fingerprint density at radius 3 is 2.32 bits per heavy atom. The smallest absolute Gasteiger partial charge is 0.255 e. The second kappa shape index (κ2) is 9.11. The quantitative estimate of drug-likeness (QED) is 0.180. The summed E-state index contributed by atoms with van der Waals surface area (Å²) in [5.74, 6) is -8.03. The molecule has 2 unspecified atom stereocenters. The van der Waals surface area contributed by atoms with E-state index in [-0.39, 0.29) is 36.2 Å². The van der Waals surface area contributed by atoms with Gasteiger partial charge < -0.3 is 42.1 Å². The largest absolute Gasteiger partial charge is 0.508 e. The Kier molecular flexibility index (Phi) is 6.50. The molecule has 4 rings (SSSR count). The van der Waals surface area contributed by atoms with Crippen molar-refractivity contribution in [3.05, 3.63) is 34.1 Å². The fraction of sp³-hybridized carbons (Fsp3) is 0.440. The van der Waals surface area contributed by atoms with E-state index < -0.39 is 69.7 Å². The van der Waals surface area contributed by atoms with E-state index in [2.05, 4.69) is 5.32 Å². The number of nitrogens with one attached hydrogen (secondary N) is 1. The summed E-state index contributed by atoms with van der Waals surface area (Å²) in [4.78, 5) is 54.2. The standard InChI is InChI=1S/C25H31N5O8/c1-29(2)13-7-12(28-14(31)8-26)19(32)16-10(13)5-9-6-11-18(30(3)4)21(34)17(24(27)37)23(36)25(11,38)22(35)15(9)20(16)33/h7,9,11,18,32-33,36,38H,5-6,8,26H2,1-4H3,(H2,27,37)(H,28,31)/t9?,11?,18-,25-/m0/s1. The molecule has 0 aliphatic heterocycles. The number of aromatic hydroxyl groups is 1. The van der Waals surface area contributed by atoms with Gasteiger partial charge in [0.2, 0.25) is 11.7 Å². The van der Waals surface area contributed by atoms with Crippen molar-refractivity contribution in [3.8, 4) is 5.75 Å². The van der Waals surface area contributed by atoms with Crippen LogP contribution in [0.25, 0.3) is 5.76 Å². The molecule has 3 aliphatic rings. The average Bonchev–Trinajstić information content (AvgIpc) is 2.82. The lowest BCUT2D eigenvalue weighted by Gasteiger charge is -2.50. The van der Waals surface area contributed by atoms with Gasteiger partial charge in [-0.15, -0.1) is 0 Å². The molecule has 1 fully saturated rings. The number of aliphatic hydroxyl groups is 3. The molecule has 1 saturated carbocycles. The maximum atomic E-state index is 13.9. The van der Waals surface area contributed by atoms with E-state index in [1.54, 1.807) is 19.0 Å². The number of amides is 2. The Hall–Kier alpha value is -3.94. The van der Waals surface area contributed by atoms with E-state index in [9.17, 15) is 39.6 Å². The van der Waals surface area contributed by atoms with Gasteiger partial charge in [0.1, 0.15) is 22.8 Å². The van der Waals surface area contributed by atoms with Crippen LogP contribution < -0.4 is 21.7 Å². The van der Waals surface area contributed by atoms with E-state index in [0.717, 1.165) is 0 Å². The lowest BCUT2D eigenvalue weighted by Crippen LogP contribution is -2.65. The Labute approximate surface area is 218 Å². The van der Waals surface area contributed by atoms with Gasteiger partial charge in [-0.25, -0.2) is 0 Å². The van der Waals surface area contributed by atoms with Crippen molar-refractivity contribution >= 4 is 40.5 Å². The molecule has 1 aromatic carbocycles. The number of carbonyl (C=O) groups excluding carboxylic acids is 4. The number of hydrogen-bond donors (Lipinski definition) is 7. The average molecular weight is 530 g/mol. The summed E-state index contributed by atoms with van der Waals surface area (Å²) in [7, 11) is 6.51. The molecule has 13 heteroatoms. The normalized spacial score (nSPS) is 26.7. The number of ketones is 2. The zero-order chi connectivity index (χ0) is 28.4. The number of nitrogens with zero attached hydrogens (tertiary/aromatic N) is 2. The van der Waals surface area contributed by atoms with E-state index in [1.807, 2.05) is 0 Å². The minimum atomic E-state index is -2.73. The third-order valence-electron chi connectivity index (χ3n) is 7.64. The molecule has 2 amide bonds. The Bertz CT molecular complexity index is 1350. The lowest BCUT2D eigenvalue weighted by molar-refractivity contribution is -0.153. The summed E-state index contributed by atoms with van der Waals surface area (Å²) in [6, 6.07) is 0.351. The number of phenolic OH excluding ortho intramolecular Hbond substituents is 1. The number of Topliss-reactive ketones (excluding diaryl/α,β-unsaturated/α-hetero) is 2. The highest BCUT2D eigenvalue weighted by Gasteiger charge is 2.64. The van der Waals surface area contributed by atoms with Gasteiger partial charge in [0.25, 0.3) is 5.91 Å². The number of benzene rings is 1. The molecule has 204 valence electrons. The van der Waals surface area contributed by atoms with Crippen LogP contribution in [0.15, 0.2) is 23.0 Å². The van der Waals surface area contributed by atoms with Crippen LogP contribution in [-0.4, -0.2) is 95.1 Å². The van der Waals surface area contributed by atoms with E-state index in [1.165, 1.54) is 25.1 Å². The molecule has 3 aliphatic carbocycles. The first-order valence-corrected chi connectivity index (χ1v) is 11.9. The molecule has 13 nitrogen and oxygen atoms in total. The molecule has 38 heavy (non-hydrogen) atoms. The van der Waals surface area contributed by atoms with Crippen molar-refractivity contribution in [2.75, 3.05) is 45.0 Å². The first-order valence-electron chi connectivity index (χ1n) is 11.9. The van der Waals surface area contributed by atoms with Gasteiger partial charge in [-0.3, -0.25) is 24.1 Å². The number of aliphatic hydroxyl groups excluding tert-OH is 2. The van der Waals surface area contributed by atoms with Crippen LogP contribution in [0, 0.1) is 11.8 Å². The van der Waals surface area contributed by atoms with Crippen LogP contribution >= 0.6 is 0 Å². The molecule has 4 atom stereocenters. The van der Waals surface area contributed by atoms with Crippen molar-refractivity contribution in [2.24, 2.45) is 23.3 Å². The third kappa shape index (κ3) is 3.65. The van der Waals surface area contributed by atoms with Gasteiger partial charge in [-0.05, 0) is 44.5 Å². The molecule has 0 spiro atoms. The zero-order valence-corrected chi connectivity index (χ0v) is 21.4. The Morgan fingerprint density at radius 1 is 1.16 bits per heavy atom. The highest BCUT2D eigenvalue weighted by molar-refractivity contribution is 6.24. The van der Waals surface area contributed by atoms with Crippen LogP contribution in [0.2, 0.25) is 0 Å². The summed E-state index contributed by atoms with van der Waals surface area (Å²) in [5.41, 5.74) is 7.66. The van der Waals surface area contributed by atoms with Crippen molar-refractivity contribution in [1.29, 1.82) is 0 Å². The Morgan fingerprint density at radius 2 is 1.79 bits per heavy atom. The molecule has 0 bridgehead atoms. The predicted octanol–water partition coefficient (Wildman–Crippen LogP) is -1.07. The van der Waals surface area contributed by atoms with E-state index in [0.29, 0.717) is 11.3 Å². The van der Waals surface area contributed by atoms with Crippen molar-refractivity contribution in [1.82, 2.24) is 4.90 Å². The van der Waals surface area contributed by atoms with Crippen molar-refractivity contribution in [3.63, 3.8) is 0 Å². The van der Waals surface area contributed by atoms with Gasteiger partial charge >= 0.3 is 0 Å². The zero-order valence-electron chi connectivity index (χ0n) is 21.4. The van der Waals surface area contributed by atoms with Crippen LogP contribution in [0.3, 0.4) is 0 Å². The van der Waals surface area contributed by atoms with Gasteiger partial charge in [0, 0.05) is 31.3 Å². The fourth-order valence-corrected chi connectivity index (χ4v) is 5.99. The number of likely N-dealkylation sites (N-methyl/N-ethyl adjacent to an activating group) is 1. The lowest BCUT2D eigenvalue weighted by atomic mass is 9.57. The van der Waals surface area contributed by atoms with Gasteiger partial charge in [-0.2, -0.15) is 0 Å². The molecule has 0 aromatic heterocycles. The fourth-order valence-electron chi connectivity index (χ4n) is 5.99. The topological polar surface area (TPSA) is 220 Å². The highest BCUT2D eigenvalue weighted by Crippen LogP contribution is 2.54. The maximum absolute atomic E-state index is 13.9. The van der Waals surface area contributed by atoms with Gasteiger partial charge in [0.05, 0.1) is 23.8 Å². The number of anilines is 2. The summed E-state index contributed by atoms with van der Waals surface area (Å²) in [5, 5.41) is 47.5. The number of primary amides is 1. The van der Waals surface area contributed by atoms with Crippen LogP contribution in [0.1, 0.15) is 17.5 Å². The van der Waals surface area contributed by atoms with E-state index >= 15 is 0 Å². The number of hydrogen-bond acceptors (Lipinski definition) is 11. The molecule has 9 N–H and O–H groups in total. The van der Waals surface area contributed by atoms with Crippen molar-refractivity contribution in [2.45, 2.75) is 24.5 Å². The number of fused-ring (bicyclic) bond motifs is 3. The number of carbonyl (C=O) groups is 4. The number of phenols is 1. The summed E-state index contributed by atoms with van der Waals surface area (Å²) in [6.45, 7) is -0.366. The first kappa shape index (κ1) is 27.1. The molecule has 1 aromatic rings. The van der Waals surface area contributed by atoms with Crippen molar-refractivity contribution < 1.29 is 39.6 Å². The first-order chi connectivity index (χ1) is 17.7. The van der Waals surface area contributed by atoms with Crippen LogP contribution in [0.5, 0.6) is 5.75 Å². The maximum Gasteiger partial charge on any atom is 0.255 e. The molecule has 0 saturated heterocycles. The molecular formula is C25H31N5O8. The minimum Gasteiger partial charge on any atom is -0.508 e. The molecular weight excluding hydrogens is 498 g/mol. The Balaban J connectivity index is 1.99. The van der Waals surface area contributed by atoms with Gasteiger partial charge in [-0.1, -0.05) is 0 Å². The number of rotatable bonds is 5. The molecule has 0 radical (unpaired) electrons. The minimum absolute atomic E-state index is 0.0228. The third-order valence-corrected chi connectivity index (χ3v) is 7.64. The van der Waals surface area contributed by atoms with Crippen LogP contribution in [0.4, 0.5) is 11.4 Å². The van der Waals surface area contributed by atoms with Gasteiger partial charge in [0.15, 0.2) is 11.4 Å². The molecule has 0 heterocycles. The predicted molar refractivity (Wildman–Crippen MR) is 136 cm³/mol. The SMILES string of the molecule is CN(C)c1cc(NC(=O)CN)c(O)c2c1CC1CC3[C@H](N(C)C)C(=O)C(C(N)=O)=C(O)[C@@]3(O)C(=O)C1=C2O. The second-order valence-corrected chi connectivity index (χ2v) is 10.3. The second-order valence-electron chi connectivity index (χ2n) is 10.3. The summed E-state index contributed by atoms with van der Waals surface area (Å²) in [6.07, 6.45) is 0.103. The number of nitrogens with two attached hydrogens (primary N) is 2. The van der Waals surface area contributed by atoms with E-state index in [4.69, 9.17) is 11.5 Å². The summed E-state index contributed by atoms with van der Waals surface area (Å²) >= 11 is 0. The van der Waals surface area contributed by atoms with Crippen LogP contribution in [-0.2, 0) is 25.6 Å². The monoisotopic (exact) mass is 529 g/mol. The summed E-state index contributed by atoms with van der Waals surface area (Å²) < 4.78 is 0. The highest BCUT2D eigenvalue weighted by atomic mass is 16.3.